The fourth-order valence-corrected chi connectivity index (χ4v) is 2.09. The molecule has 0 amide bonds. The fraction of sp³-hybridized carbons (Fsp3) is 0.357. The third-order valence-corrected chi connectivity index (χ3v) is 3.08. The van der Waals surface area contributed by atoms with Gasteiger partial charge in [-0.1, -0.05) is 23.8 Å². The number of halogens is 3. The molecule has 0 spiro atoms. The van der Waals surface area contributed by atoms with E-state index in [1.807, 2.05) is 26.0 Å². The number of hydrogen-bond donors (Lipinski definition) is 1. The maximum atomic E-state index is 12.4. The molecular weight excluding hydrogens is 269 g/mol. The first-order valence-electron chi connectivity index (χ1n) is 6.13. The summed E-state index contributed by atoms with van der Waals surface area (Å²) in [6.45, 7) is 3.78. The van der Waals surface area contributed by atoms with E-state index in [-0.39, 0.29) is 6.54 Å². The Morgan fingerprint density at radius 2 is 1.95 bits per heavy atom. The first-order valence-corrected chi connectivity index (χ1v) is 6.13. The van der Waals surface area contributed by atoms with E-state index in [0.29, 0.717) is 5.56 Å². The minimum absolute atomic E-state index is 0.0139. The Balaban J connectivity index is 2.15. The predicted octanol–water partition coefficient (Wildman–Crippen LogP) is 3.25. The lowest BCUT2D eigenvalue weighted by Gasteiger charge is -2.14. The molecule has 3 nitrogen and oxygen atoms in total. The van der Waals surface area contributed by atoms with Crippen LogP contribution in [0.3, 0.4) is 0 Å². The van der Waals surface area contributed by atoms with E-state index in [4.69, 9.17) is 0 Å². The molecule has 20 heavy (non-hydrogen) atoms. The van der Waals surface area contributed by atoms with Crippen molar-refractivity contribution in [2.24, 2.45) is 0 Å². The summed E-state index contributed by atoms with van der Waals surface area (Å²) in [6, 6.07) is 6.46. The number of aliphatic hydroxyl groups is 1. The second kappa shape index (κ2) is 5.28. The highest BCUT2D eigenvalue weighted by atomic mass is 19.4. The van der Waals surface area contributed by atoms with Crippen LogP contribution in [-0.2, 0) is 12.7 Å². The normalized spacial score (nSPS) is 13.5. The SMILES string of the molecule is Cc1ccc(C(O)Cn2ccc(C(F)(F)F)n2)c(C)c1. The molecule has 108 valence electrons. The highest BCUT2D eigenvalue weighted by molar-refractivity contribution is 5.31. The highest BCUT2D eigenvalue weighted by Crippen LogP contribution is 2.28. The van der Waals surface area contributed by atoms with Crippen molar-refractivity contribution in [3.8, 4) is 0 Å². The van der Waals surface area contributed by atoms with E-state index in [2.05, 4.69) is 5.10 Å². The molecule has 0 bridgehead atoms. The van der Waals surface area contributed by atoms with E-state index in [9.17, 15) is 18.3 Å². The summed E-state index contributed by atoms with van der Waals surface area (Å²) in [7, 11) is 0. The monoisotopic (exact) mass is 284 g/mol. The van der Waals surface area contributed by atoms with Crippen LogP contribution in [0, 0.1) is 13.8 Å². The minimum atomic E-state index is -4.46. The van der Waals surface area contributed by atoms with Crippen LogP contribution < -0.4 is 0 Å². The second-order valence-electron chi connectivity index (χ2n) is 4.80. The van der Waals surface area contributed by atoms with Crippen LogP contribution in [0.25, 0.3) is 0 Å². The topological polar surface area (TPSA) is 38.0 Å². The second-order valence-corrected chi connectivity index (χ2v) is 4.80. The standard InChI is InChI=1S/C14H15F3N2O/c1-9-3-4-11(10(2)7-9)12(20)8-19-6-5-13(18-19)14(15,16)17/h3-7,12,20H,8H2,1-2H3. The van der Waals surface area contributed by atoms with E-state index in [1.54, 1.807) is 6.07 Å². The number of benzene rings is 1. The van der Waals surface area contributed by atoms with Gasteiger partial charge in [0.15, 0.2) is 5.69 Å². The van der Waals surface area contributed by atoms with Gasteiger partial charge in [0.2, 0.25) is 0 Å². The number of aryl methyl sites for hydroxylation is 2. The maximum Gasteiger partial charge on any atom is 0.435 e. The van der Waals surface area contributed by atoms with Crippen molar-refractivity contribution in [3.63, 3.8) is 0 Å². The summed E-state index contributed by atoms with van der Waals surface area (Å²) in [5.74, 6) is 0. The Kier molecular flexibility index (Phi) is 3.85. The van der Waals surface area contributed by atoms with Gasteiger partial charge in [-0.2, -0.15) is 18.3 Å². The van der Waals surface area contributed by atoms with E-state index >= 15 is 0 Å². The lowest BCUT2D eigenvalue weighted by molar-refractivity contribution is -0.141. The molecule has 1 heterocycles. The van der Waals surface area contributed by atoms with Crippen LogP contribution in [0.1, 0.15) is 28.5 Å². The molecule has 2 aromatic rings. The number of aromatic nitrogens is 2. The number of nitrogens with zero attached hydrogens (tertiary/aromatic N) is 2. The highest BCUT2D eigenvalue weighted by Gasteiger charge is 2.33. The first kappa shape index (κ1) is 14.6. The van der Waals surface area contributed by atoms with Crippen LogP contribution in [0.4, 0.5) is 13.2 Å². The van der Waals surface area contributed by atoms with Gasteiger partial charge in [-0.25, -0.2) is 0 Å². The summed E-state index contributed by atoms with van der Waals surface area (Å²) >= 11 is 0. The largest absolute Gasteiger partial charge is 0.435 e. The van der Waals surface area contributed by atoms with Gasteiger partial charge in [0.1, 0.15) is 0 Å². The Bertz CT molecular complexity index is 605. The zero-order chi connectivity index (χ0) is 14.9. The van der Waals surface area contributed by atoms with Crippen molar-refractivity contribution in [1.82, 2.24) is 9.78 Å². The predicted molar refractivity (Wildman–Crippen MR) is 68.1 cm³/mol. The molecule has 2 rings (SSSR count). The third-order valence-electron chi connectivity index (χ3n) is 3.08. The minimum Gasteiger partial charge on any atom is -0.386 e. The van der Waals surface area contributed by atoms with E-state index < -0.39 is 18.0 Å². The fourth-order valence-electron chi connectivity index (χ4n) is 2.09. The van der Waals surface area contributed by atoms with Crippen LogP contribution in [-0.4, -0.2) is 14.9 Å². The third kappa shape index (κ3) is 3.19. The molecule has 0 aliphatic carbocycles. The number of hydrogen-bond acceptors (Lipinski definition) is 2. The molecule has 0 saturated carbocycles. The Labute approximate surface area is 114 Å². The Hall–Kier alpha value is -1.82. The molecule has 0 radical (unpaired) electrons. The van der Waals surface area contributed by atoms with Crippen LogP contribution >= 0.6 is 0 Å². The van der Waals surface area contributed by atoms with Gasteiger partial charge >= 0.3 is 6.18 Å². The van der Waals surface area contributed by atoms with Crippen molar-refractivity contribution in [3.05, 3.63) is 52.8 Å². The Morgan fingerprint density at radius 1 is 1.25 bits per heavy atom. The van der Waals surface area contributed by atoms with E-state index in [0.717, 1.165) is 21.9 Å². The van der Waals surface area contributed by atoms with Crippen molar-refractivity contribution in [1.29, 1.82) is 0 Å². The van der Waals surface area contributed by atoms with Gasteiger partial charge in [0, 0.05) is 6.20 Å². The summed E-state index contributed by atoms with van der Waals surface area (Å²) < 4.78 is 38.4. The molecular formula is C14H15F3N2O. The van der Waals surface area contributed by atoms with Gasteiger partial charge in [0.05, 0.1) is 12.6 Å². The zero-order valence-electron chi connectivity index (χ0n) is 11.1. The quantitative estimate of drug-likeness (QED) is 0.939. The lowest BCUT2D eigenvalue weighted by Crippen LogP contribution is -2.12. The number of rotatable bonds is 3. The van der Waals surface area contributed by atoms with Gasteiger partial charge in [-0.15, -0.1) is 0 Å². The van der Waals surface area contributed by atoms with Gasteiger partial charge in [-0.3, -0.25) is 4.68 Å². The summed E-state index contributed by atoms with van der Waals surface area (Å²) in [4.78, 5) is 0. The molecule has 0 fully saturated rings. The molecule has 1 aromatic heterocycles. The van der Waals surface area contributed by atoms with Crippen molar-refractivity contribution in [2.45, 2.75) is 32.7 Å². The first-order chi connectivity index (χ1) is 9.27. The summed E-state index contributed by atoms with van der Waals surface area (Å²) in [6.07, 6.45) is -4.14. The van der Waals surface area contributed by atoms with Crippen molar-refractivity contribution < 1.29 is 18.3 Å². The Morgan fingerprint density at radius 3 is 2.50 bits per heavy atom. The van der Waals surface area contributed by atoms with Crippen LogP contribution in [0.15, 0.2) is 30.5 Å². The van der Waals surface area contributed by atoms with Crippen LogP contribution in [0.2, 0.25) is 0 Å². The summed E-state index contributed by atoms with van der Waals surface area (Å²) in [5.41, 5.74) is 1.71. The molecule has 6 heteroatoms. The van der Waals surface area contributed by atoms with E-state index in [1.165, 1.54) is 6.20 Å². The van der Waals surface area contributed by atoms with Crippen molar-refractivity contribution >= 4 is 0 Å². The summed E-state index contributed by atoms with van der Waals surface area (Å²) in [5, 5.41) is 13.5. The maximum absolute atomic E-state index is 12.4. The molecule has 1 unspecified atom stereocenters. The zero-order valence-corrected chi connectivity index (χ0v) is 11.1. The van der Waals surface area contributed by atoms with Crippen molar-refractivity contribution in [2.75, 3.05) is 0 Å². The molecule has 1 atom stereocenters. The number of alkyl halides is 3. The van der Waals surface area contributed by atoms with Gasteiger partial charge in [-0.05, 0) is 31.0 Å². The van der Waals surface area contributed by atoms with Gasteiger partial charge < -0.3 is 5.11 Å². The van der Waals surface area contributed by atoms with Crippen LogP contribution in [0.5, 0.6) is 0 Å². The molecule has 0 aliphatic heterocycles. The lowest BCUT2D eigenvalue weighted by atomic mass is 10.0. The molecule has 1 aromatic carbocycles. The van der Waals surface area contributed by atoms with Gasteiger partial charge in [0.25, 0.3) is 0 Å². The average Bonchev–Trinajstić information content (AvgIpc) is 2.76. The molecule has 0 aliphatic rings. The number of aliphatic hydroxyl groups excluding tert-OH is 1. The molecule has 0 saturated heterocycles. The molecule has 1 N–H and O–H groups in total. The smallest absolute Gasteiger partial charge is 0.386 e. The average molecular weight is 284 g/mol.